The van der Waals surface area contributed by atoms with Crippen LogP contribution < -0.4 is 10.5 Å². The number of para-hydroxylation sites is 1. The Hall–Kier alpha value is -1.55. The average molecular weight is 290 g/mol. The van der Waals surface area contributed by atoms with Gasteiger partial charge in [0.1, 0.15) is 5.75 Å². The standard InChI is InChI=1S/C17H26N2O2/c1-3-7-13-11-19(12-15(13)18)17(20)14-8-5-6-9-16(14)21-10-4-2/h5-6,8-9,13,15H,3-4,7,10-12,18H2,1-2H3/t13-,15-/m1/s1. The van der Waals surface area contributed by atoms with E-state index in [1.54, 1.807) is 0 Å². The molecule has 0 saturated carbocycles. The highest BCUT2D eigenvalue weighted by molar-refractivity contribution is 5.97. The fourth-order valence-corrected chi connectivity index (χ4v) is 2.89. The fraction of sp³-hybridized carbons (Fsp3) is 0.588. The topological polar surface area (TPSA) is 55.6 Å². The van der Waals surface area contributed by atoms with Crippen LogP contribution in [0.15, 0.2) is 24.3 Å². The van der Waals surface area contributed by atoms with Gasteiger partial charge in [-0.15, -0.1) is 0 Å². The third-order valence-corrected chi connectivity index (χ3v) is 4.02. The van der Waals surface area contributed by atoms with Crippen molar-refractivity contribution in [3.05, 3.63) is 29.8 Å². The molecule has 2 atom stereocenters. The van der Waals surface area contributed by atoms with Gasteiger partial charge < -0.3 is 15.4 Å². The van der Waals surface area contributed by atoms with Crippen molar-refractivity contribution in [2.45, 2.75) is 39.2 Å². The van der Waals surface area contributed by atoms with Crippen LogP contribution >= 0.6 is 0 Å². The van der Waals surface area contributed by atoms with E-state index in [9.17, 15) is 4.79 Å². The predicted octanol–water partition coefficient (Wildman–Crippen LogP) is 2.67. The van der Waals surface area contributed by atoms with Gasteiger partial charge in [0, 0.05) is 19.1 Å². The van der Waals surface area contributed by atoms with Gasteiger partial charge in [0.2, 0.25) is 0 Å². The Morgan fingerprint density at radius 1 is 1.29 bits per heavy atom. The van der Waals surface area contributed by atoms with Crippen LogP contribution in [0.4, 0.5) is 0 Å². The number of carbonyl (C=O) groups is 1. The maximum atomic E-state index is 12.7. The number of rotatable bonds is 6. The molecule has 2 rings (SSSR count). The van der Waals surface area contributed by atoms with Crippen molar-refractivity contribution in [3.63, 3.8) is 0 Å². The molecule has 0 unspecified atom stereocenters. The molecule has 1 aliphatic heterocycles. The van der Waals surface area contributed by atoms with Crippen LogP contribution in [0.3, 0.4) is 0 Å². The second-order valence-electron chi connectivity index (χ2n) is 5.77. The van der Waals surface area contributed by atoms with Gasteiger partial charge in [-0.05, 0) is 30.9 Å². The number of likely N-dealkylation sites (tertiary alicyclic amines) is 1. The van der Waals surface area contributed by atoms with Crippen molar-refractivity contribution in [1.82, 2.24) is 4.90 Å². The Morgan fingerprint density at radius 3 is 2.76 bits per heavy atom. The lowest BCUT2D eigenvalue weighted by Gasteiger charge is -2.18. The lowest BCUT2D eigenvalue weighted by molar-refractivity contribution is 0.0781. The maximum absolute atomic E-state index is 12.7. The second kappa shape index (κ2) is 7.46. The highest BCUT2D eigenvalue weighted by atomic mass is 16.5. The molecule has 1 aromatic carbocycles. The Bertz CT molecular complexity index is 476. The zero-order chi connectivity index (χ0) is 15.2. The molecule has 0 radical (unpaired) electrons. The Morgan fingerprint density at radius 2 is 2.05 bits per heavy atom. The van der Waals surface area contributed by atoms with E-state index in [2.05, 4.69) is 13.8 Å². The zero-order valence-electron chi connectivity index (χ0n) is 13.0. The molecule has 21 heavy (non-hydrogen) atoms. The van der Waals surface area contributed by atoms with Crippen molar-refractivity contribution in [2.24, 2.45) is 11.7 Å². The summed E-state index contributed by atoms with van der Waals surface area (Å²) in [5.41, 5.74) is 6.81. The van der Waals surface area contributed by atoms with E-state index in [4.69, 9.17) is 10.5 Å². The molecule has 1 amide bonds. The molecule has 0 bridgehead atoms. The number of benzene rings is 1. The molecule has 4 heteroatoms. The molecule has 1 aliphatic rings. The van der Waals surface area contributed by atoms with Crippen molar-refractivity contribution >= 4 is 5.91 Å². The number of nitrogens with two attached hydrogens (primary N) is 1. The first kappa shape index (κ1) is 15.8. The largest absolute Gasteiger partial charge is 0.493 e. The SMILES string of the molecule is CCCOc1ccccc1C(=O)N1C[C@@H](CCC)[C@H](N)C1. The first-order valence-corrected chi connectivity index (χ1v) is 7.94. The highest BCUT2D eigenvalue weighted by Crippen LogP contribution is 2.25. The first-order valence-electron chi connectivity index (χ1n) is 7.94. The number of amides is 1. The van der Waals surface area contributed by atoms with Crippen molar-refractivity contribution in [1.29, 1.82) is 0 Å². The van der Waals surface area contributed by atoms with Gasteiger partial charge in [-0.25, -0.2) is 0 Å². The van der Waals surface area contributed by atoms with E-state index in [0.717, 1.165) is 25.8 Å². The number of ether oxygens (including phenoxy) is 1. The van der Waals surface area contributed by atoms with Gasteiger partial charge in [-0.3, -0.25) is 4.79 Å². The van der Waals surface area contributed by atoms with Gasteiger partial charge in [-0.1, -0.05) is 32.4 Å². The van der Waals surface area contributed by atoms with E-state index in [0.29, 0.717) is 30.4 Å². The second-order valence-corrected chi connectivity index (χ2v) is 5.77. The molecule has 0 aliphatic carbocycles. The maximum Gasteiger partial charge on any atom is 0.257 e. The van der Waals surface area contributed by atoms with Crippen LogP contribution in [0.5, 0.6) is 5.75 Å². The number of nitrogens with zero attached hydrogens (tertiary/aromatic N) is 1. The normalized spacial score (nSPS) is 21.6. The van der Waals surface area contributed by atoms with Crippen molar-refractivity contribution in [2.75, 3.05) is 19.7 Å². The minimum atomic E-state index is 0.0377. The molecular formula is C17H26N2O2. The van der Waals surface area contributed by atoms with Gasteiger partial charge in [0.25, 0.3) is 5.91 Å². The Kier molecular flexibility index (Phi) is 5.62. The third kappa shape index (κ3) is 3.76. The molecule has 0 spiro atoms. The monoisotopic (exact) mass is 290 g/mol. The molecule has 2 N–H and O–H groups in total. The molecule has 0 aromatic heterocycles. The first-order chi connectivity index (χ1) is 10.2. The minimum Gasteiger partial charge on any atom is -0.493 e. The molecule has 4 nitrogen and oxygen atoms in total. The fourth-order valence-electron chi connectivity index (χ4n) is 2.89. The van der Waals surface area contributed by atoms with Crippen LogP contribution in [-0.4, -0.2) is 36.5 Å². The van der Waals surface area contributed by atoms with E-state index < -0.39 is 0 Å². The van der Waals surface area contributed by atoms with E-state index >= 15 is 0 Å². The molecule has 1 aromatic rings. The van der Waals surface area contributed by atoms with Gasteiger partial charge in [0.15, 0.2) is 0 Å². The summed E-state index contributed by atoms with van der Waals surface area (Å²) in [7, 11) is 0. The van der Waals surface area contributed by atoms with Gasteiger partial charge >= 0.3 is 0 Å². The van der Waals surface area contributed by atoms with E-state index in [1.807, 2.05) is 29.2 Å². The zero-order valence-corrected chi connectivity index (χ0v) is 13.0. The predicted molar refractivity (Wildman–Crippen MR) is 84.5 cm³/mol. The summed E-state index contributed by atoms with van der Waals surface area (Å²) >= 11 is 0. The number of hydrogen-bond acceptors (Lipinski definition) is 3. The summed E-state index contributed by atoms with van der Waals surface area (Å²) in [6.45, 7) is 6.24. The molecular weight excluding hydrogens is 264 g/mol. The average Bonchev–Trinajstić information content (AvgIpc) is 2.86. The summed E-state index contributed by atoms with van der Waals surface area (Å²) in [4.78, 5) is 14.6. The third-order valence-electron chi connectivity index (χ3n) is 4.02. The van der Waals surface area contributed by atoms with Crippen LogP contribution in [0.1, 0.15) is 43.5 Å². The van der Waals surface area contributed by atoms with Crippen LogP contribution in [0.25, 0.3) is 0 Å². The van der Waals surface area contributed by atoms with Crippen LogP contribution in [0, 0.1) is 5.92 Å². The van der Waals surface area contributed by atoms with Gasteiger partial charge in [-0.2, -0.15) is 0 Å². The van der Waals surface area contributed by atoms with Crippen LogP contribution in [-0.2, 0) is 0 Å². The molecule has 1 fully saturated rings. The summed E-state index contributed by atoms with van der Waals surface area (Å²) in [5, 5.41) is 0. The lowest BCUT2D eigenvalue weighted by Crippen LogP contribution is -2.32. The lowest BCUT2D eigenvalue weighted by atomic mass is 9.99. The minimum absolute atomic E-state index is 0.0377. The quantitative estimate of drug-likeness (QED) is 0.876. The number of carbonyl (C=O) groups excluding carboxylic acids is 1. The van der Waals surface area contributed by atoms with Crippen molar-refractivity contribution in [3.8, 4) is 5.75 Å². The summed E-state index contributed by atoms with van der Waals surface area (Å²) in [6.07, 6.45) is 3.12. The molecule has 1 saturated heterocycles. The Labute approximate surface area is 127 Å². The van der Waals surface area contributed by atoms with Crippen molar-refractivity contribution < 1.29 is 9.53 Å². The van der Waals surface area contributed by atoms with E-state index in [-0.39, 0.29) is 11.9 Å². The highest BCUT2D eigenvalue weighted by Gasteiger charge is 2.33. The summed E-state index contributed by atoms with van der Waals surface area (Å²) in [5.74, 6) is 1.13. The van der Waals surface area contributed by atoms with Crippen LogP contribution in [0.2, 0.25) is 0 Å². The smallest absolute Gasteiger partial charge is 0.257 e. The summed E-state index contributed by atoms with van der Waals surface area (Å²) in [6, 6.07) is 7.58. The Balaban J connectivity index is 2.10. The summed E-state index contributed by atoms with van der Waals surface area (Å²) < 4.78 is 5.69. The molecule has 116 valence electrons. The van der Waals surface area contributed by atoms with E-state index in [1.165, 1.54) is 0 Å². The molecule has 1 heterocycles. The number of hydrogen-bond donors (Lipinski definition) is 1. The van der Waals surface area contributed by atoms with Gasteiger partial charge in [0.05, 0.1) is 12.2 Å².